The molecule has 0 spiro atoms. The van der Waals surface area contributed by atoms with Crippen molar-refractivity contribution in [3.63, 3.8) is 0 Å². The SMILES string of the molecule is CCOc1ccc(-c2nnc(CCCOc3ccc(S(=O)(=O)C4(C(=O)NO)CCOCC4)cc3)o2)c(OC)c1. The number of sulfone groups is 1. The van der Waals surface area contributed by atoms with Crippen LogP contribution in [0.1, 0.15) is 32.1 Å². The highest BCUT2D eigenvalue weighted by molar-refractivity contribution is 7.93. The van der Waals surface area contributed by atoms with E-state index < -0.39 is 20.5 Å². The summed E-state index contributed by atoms with van der Waals surface area (Å²) in [6.45, 7) is 2.97. The topological polar surface area (TPSA) is 159 Å². The molecule has 0 radical (unpaired) electrons. The summed E-state index contributed by atoms with van der Waals surface area (Å²) in [4.78, 5) is 12.3. The van der Waals surface area contributed by atoms with Crippen molar-refractivity contribution in [2.75, 3.05) is 33.5 Å². The summed E-state index contributed by atoms with van der Waals surface area (Å²) < 4.78 is 52.5. The van der Waals surface area contributed by atoms with E-state index in [1.807, 2.05) is 6.92 Å². The van der Waals surface area contributed by atoms with Gasteiger partial charge in [0.05, 0.1) is 30.8 Å². The lowest BCUT2D eigenvalue weighted by Crippen LogP contribution is -2.54. The number of carbonyl (C=O) groups is 1. The number of ether oxygens (including phenoxy) is 4. The molecule has 210 valence electrons. The first-order chi connectivity index (χ1) is 18.8. The molecule has 13 heteroatoms. The zero-order valence-corrected chi connectivity index (χ0v) is 22.5. The molecule has 1 aliphatic rings. The Morgan fingerprint density at radius 3 is 2.46 bits per heavy atom. The fraction of sp³-hybridized carbons (Fsp3) is 0.423. The van der Waals surface area contributed by atoms with Gasteiger partial charge >= 0.3 is 0 Å². The molecular formula is C26H31N3O9S. The number of hydroxylamine groups is 1. The molecular weight excluding hydrogens is 530 g/mol. The summed E-state index contributed by atoms with van der Waals surface area (Å²) in [5.74, 6) is 1.52. The molecule has 0 unspecified atom stereocenters. The van der Waals surface area contributed by atoms with Crippen LogP contribution in [0.4, 0.5) is 0 Å². The van der Waals surface area contributed by atoms with E-state index in [9.17, 15) is 18.4 Å². The second-order valence-electron chi connectivity index (χ2n) is 8.77. The Hall–Kier alpha value is -3.68. The Kier molecular flexibility index (Phi) is 9.04. The molecule has 2 N–H and O–H groups in total. The maximum Gasteiger partial charge on any atom is 0.265 e. The van der Waals surface area contributed by atoms with Crippen LogP contribution in [0.15, 0.2) is 51.8 Å². The van der Waals surface area contributed by atoms with Gasteiger partial charge in [-0.2, -0.15) is 0 Å². The molecule has 1 fully saturated rings. The number of methoxy groups -OCH3 is 1. The molecule has 1 aromatic heterocycles. The summed E-state index contributed by atoms with van der Waals surface area (Å²) in [6, 6.07) is 11.2. The molecule has 0 atom stereocenters. The number of nitrogens with zero attached hydrogens (tertiary/aromatic N) is 2. The van der Waals surface area contributed by atoms with E-state index in [-0.39, 0.29) is 31.0 Å². The smallest absolute Gasteiger partial charge is 0.265 e. The van der Waals surface area contributed by atoms with Crippen LogP contribution < -0.4 is 19.7 Å². The van der Waals surface area contributed by atoms with Gasteiger partial charge in [-0.15, -0.1) is 10.2 Å². The van der Waals surface area contributed by atoms with Crippen molar-refractivity contribution in [3.05, 3.63) is 48.4 Å². The molecule has 1 aliphatic heterocycles. The first-order valence-corrected chi connectivity index (χ1v) is 14.0. The number of nitrogens with one attached hydrogen (secondary N) is 1. The molecule has 0 saturated carbocycles. The number of carbonyl (C=O) groups excluding carboxylic acids is 1. The lowest BCUT2D eigenvalue weighted by Gasteiger charge is -2.34. The Bertz CT molecular complexity index is 1370. The van der Waals surface area contributed by atoms with Gasteiger partial charge in [-0.3, -0.25) is 10.0 Å². The van der Waals surface area contributed by atoms with Crippen LogP contribution >= 0.6 is 0 Å². The van der Waals surface area contributed by atoms with E-state index in [4.69, 9.17) is 23.4 Å². The highest BCUT2D eigenvalue weighted by atomic mass is 32.2. The van der Waals surface area contributed by atoms with E-state index in [1.165, 1.54) is 29.7 Å². The van der Waals surface area contributed by atoms with Crippen LogP contribution in [0.25, 0.3) is 11.5 Å². The minimum Gasteiger partial charge on any atom is -0.496 e. The number of amides is 1. The number of aryl methyl sites for hydroxylation is 1. The number of hydrogen-bond donors (Lipinski definition) is 2. The molecule has 12 nitrogen and oxygen atoms in total. The van der Waals surface area contributed by atoms with Gasteiger partial charge < -0.3 is 23.4 Å². The third kappa shape index (κ3) is 6.00. The van der Waals surface area contributed by atoms with Gasteiger partial charge in [-0.25, -0.2) is 13.9 Å². The van der Waals surface area contributed by atoms with Gasteiger partial charge in [0.2, 0.25) is 5.89 Å². The third-order valence-corrected chi connectivity index (χ3v) is 8.96. The standard InChI is InChI=1S/C26H31N3O9S/c1-3-36-19-8-11-21(22(17-19)34-2)24-28-27-23(38-24)5-4-14-37-18-6-9-20(10-7-18)39(32,33)26(25(30)29-31)12-15-35-16-13-26/h6-11,17,31H,3-5,12-16H2,1-2H3,(H,29,30). The number of benzene rings is 2. The predicted molar refractivity (Wildman–Crippen MR) is 138 cm³/mol. The minimum absolute atomic E-state index is 0.0385. The zero-order valence-electron chi connectivity index (χ0n) is 21.7. The zero-order chi connectivity index (χ0) is 27.9. The summed E-state index contributed by atoms with van der Waals surface area (Å²) in [7, 11) is -2.54. The van der Waals surface area contributed by atoms with Gasteiger partial charge in [0.15, 0.2) is 14.6 Å². The summed E-state index contributed by atoms with van der Waals surface area (Å²) in [5.41, 5.74) is 2.16. The minimum atomic E-state index is -4.10. The van der Waals surface area contributed by atoms with Crippen molar-refractivity contribution in [1.82, 2.24) is 15.7 Å². The normalized spacial score (nSPS) is 14.9. The van der Waals surface area contributed by atoms with Crippen molar-refractivity contribution in [1.29, 1.82) is 0 Å². The van der Waals surface area contributed by atoms with Crippen LogP contribution in [-0.2, 0) is 25.8 Å². The van der Waals surface area contributed by atoms with Crippen LogP contribution in [0.5, 0.6) is 17.2 Å². The van der Waals surface area contributed by atoms with Crippen LogP contribution in [0.3, 0.4) is 0 Å². The monoisotopic (exact) mass is 561 g/mol. The molecule has 1 amide bonds. The van der Waals surface area contributed by atoms with Crippen molar-refractivity contribution in [2.24, 2.45) is 0 Å². The molecule has 2 heterocycles. The van der Waals surface area contributed by atoms with E-state index >= 15 is 0 Å². The maximum atomic E-state index is 13.3. The largest absolute Gasteiger partial charge is 0.496 e. The highest BCUT2D eigenvalue weighted by Crippen LogP contribution is 2.36. The van der Waals surface area contributed by atoms with Crippen molar-refractivity contribution in [3.8, 4) is 28.7 Å². The summed E-state index contributed by atoms with van der Waals surface area (Å²) in [6.07, 6.45) is 0.938. The fourth-order valence-corrected chi connectivity index (χ4v) is 6.28. The molecule has 1 saturated heterocycles. The van der Waals surface area contributed by atoms with Crippen LogP contribution in [0.2, 0.25) is 0 Å². The number of hydrogen-bond acceptors (Lipinski definition) is 11. The predicted octanol–water partition coefficient (Wildman–Crippen LogP) is 2.98. The lowest BCUT2D eigenvalue weighted by molar-refractivity contribution is -0.134. The first kappa shape index (κ1) is 28.3. The van der Waals surface area contributed by atoms with E-state index in [0.29, 0.717) is 60.6 Å². The first-order valence-electron chi connectivity index (χ1n) is 12.5. The molecule has 39 heavy (non-hydrogen) atoms. The van der Waals surface area contributed by atoms with Gasteiger partial charge in [-0.05, 0) is 62.6 Å². The second kappa shape index (κ2) is 12.5. The second-order valence-corrected chi connectivity index (χ2v) is 11.0. The quantitative estimate of drug-likeness (QED) is 0.190. The molecule has 3 aromatic rings. The molecule has 4 rings (SSSR count). The van der Waals surface area contributed by atoms with Crippen LogP contribution in [-0.4, -0.2) is 68.0 Å². The van der Waals surface area contributed by atoms with Crippen molar-refractivity contribution in [2.45, 2.75) is 42.2 Å². The average Bonchev–Trinajstić information content (AvgIpc) is 3.44. The molecule has 2 aromatic carbocycles. The summed E-state index contributed by atoms with van der Waals surface area (Å²) in [5, 5.41) is 17.4. The Balaban J connectivity index is 1.34. The van der Waals surface area contributed by atoms with E-state index in [0.717, 1.165) is 0 Å². The third-order valence-electron chi connectivity index (χ3n) is 6.45. The molecule has 0 aliphatic carbocycles. The van der Waals surface area contributed by atoms with Crippen molar-refractivity contribution < 1.29 is 41.8 Å². The van der Waals surface area contributed by atoms with E-state index in [2.05, 4.69) is 10.2 Å². The van der Waals surface area contributed by atoms with E-state index in [1.54, 1.807) is 25.3 Å². The van der Waals surface area contributed by atoms with Gasteiger partial charge in [0.25, 0.3) is 11.8 Å². The summed E-state index contributed by atoms with van der Waals surface area (Å²) >= 11 is 0. The highest BCUT2D eigenvalue weighted by Gasteiger charge is 2.52. The molecule has 0 bridgehead atoms. The number of rotatable bonds is 12. The fourth-order valence-electron chi connectivity index (χ4n) is 4.34. The Labute approximate surface area is 226 Å². The van der Waals surface area contributed by atoms with Crippen LogP contribution in [0, 0.1) is 0 Å². The average molecular weight is 562 g/mol. The lowest BCUT2D eigenvalue weighted by atomic mass is 9.98. The Morgan fingerprint density at radius 1 is 1.08 bits per heavy atom. The Morgan fingerprint density at radius 2 is 1.79 bits per heavy atom. The van der Waals surface area contributed by atoms with Crippen molar-refractivity contribution >= 4 is 15.7 Å². The number of aromatic nitrogens is 2. The van der Waals surface area contributed by atoms with Gasteiger partial charge in [0.1, 0.15) is 17.2 Å². The van der Waals surface area contributed by atoms with Gasteiger partial charge in [-0.1, -0.05) is 0 Å². The van der Waals surface area contributed by atoms with Gasteiger partial charge in [0, 0.05) is 25.7 Å². The maximum absolute atomic E-state index is 13.3.